The van der Waals surface area contributed by atoms with E-state index in [1.54, 1.807) is 43.1 Å². The van der Waals surface area contributed by atoms with E-state index >= 15 is 0 Å². The third-order valence-corrected chi connectivity index (χ3v) is 4.32. The molecule has 0 unspecified atom stereocenters. The smallest absolute Gasteiger partial charge is 0.278 e. The summed E-state index contributed by atoms with van der Waals surface area (Å²) >= 11 is 5.95. The van der Waals surface area contributed by atoms with E-state index in [0.717, 1.165) is 5.69 Å². The molecule has 0 atom stereocenters. The molecule has 2 amide bonds. The Morgan fingerprint density at radius 3 is 2.17 bits per heavy atom. The van der Waals surface area contributed by atoms with Gasteiger partial charge in [-0.25, -0.2) is 0 Å². The molecule has 5 heteroatoms. The van der Waals surface area contributed by atoms with Gasteiger partial charge in [0.15, 0.2) is 0 Å². The number of benzene rings is 2. The number of hydrogen-bond acceptors (Lipinski definition) is 3. The number of halogens is 1. The van der Waals surface area contributed by atoms with E-state index in [4.69, 9.17) is 11.6 Å². The number of imide groups is 1. The van der Waals surface area contributed by atoms with Gasteiger partial charge < -0.3 is 4.90 Å². The zero-order valence-electron chi connectivity index (χ0n) is 13.5. The molecule has 0 spiro atoms. The number of carbonyl (C=O) groups is 2. The monoisotopic (exact) mass is 340 g/mol. The molecule has 2 aromatic carbocycles. The van der Waals surface area contributed by atoms with Gasteiger partial charge in [0.2, 0.25) is 0 Å². The summed E-state index contributed by atoms with van der Waals surface area (Å²) in [5.74, 6) is -0.554. The highest BCUT2D eigenvalue weighted by atomic mass is 35.5. The van der Waals surface area contributed by atoms with Crippen LogP contribution in [0.25, 0.3) is 5.57 Å². The van der Waals surface area contributed by atoms with Crippen LogP contribution >= 0.6 is 11.6 Å². The minimum atomic E-state index is -0.279. The van der Waals surface area contributed by atoms with Crippen molar-refractivity contribution in [3.8, 4) is 0 Å². The van der Waals surface area contributed by atoms with Crippen molar-refractivity contribution in [3.63, 3.8) is 0 Å². The normalized spacial score (nSPS) is 14.5. The van der Waals surface area contributed by atoms with Gasteiger partial charge in [0.25, 0.3) is 11.8 Å². The van der Waals surface area contributed by atoms with Crippen LogP contribution in [0.2, 0.25) is 5.02 Å². The van der Waals surface area contributed by atoms with Gasteiger partial charge >= 0.3 is 0 Å². The molecule has 3 rings (SSSR count). The van der Waals surface area contributed by atoms with Crippen LogP contribution in [0.5, 0.6) is 0 Å². The van der Waals surface area contributed by atoms with Crippen molar-refractivity contribution in [2.75, 3.05) is 18.5 Å². The van der Waals surface area contributed by atoms with Gasteiger partial charge in [0.05, 0.1) is 5.57 Å². The highest BCUT2D eigenvalue weighted by Gasteiger charge is 2.40. The van der Waals surface area contributed by atoms with E-state index in [2.05, 4.69) is 0 Å². The number of likely N-dealkylation sites (N-methyl/N-ethyl adjacent to an activating group) is 2. The van der Waals surface area contributed by atoms with Crippen LogP contribution in [0.3, 0.4) is 0 Å². The first-order chi connectivity index (χ1) is 11.5. The average Bonchev–Trinajstić information content (AvgIpc) is 2.86. The van der Waals surface area contributed by atoms with E-state index in [0.29, 0.717) is 28.4 Å². The van der Waals surface area contributed by atoms with Crippen molar-refractivity contribution >= 4 is 34.7 Å². The van der Waals surface area contributed by atoms with E-state index in [9.17, 15) is 9.59 Å². The molecular formula is C19H17ClN2O2. The van der Waals surface area contributed by atoms with Crippen molar-refractivity contribution in [2.45, 2.75) is 6.92 Å². The van der Waals surface area contributed by atoms with Crippen LogP contribution in [-0.2, 0) is 9.59 Å². The lowest BCUT2D eigenvalue weighted by Crippen LogP contribution is -2.33. The van der Waals surface area contributed by atoms with E-state index < -0.39 is 0 Å². The molecule has 2 aromatic rings. The van der Waals surface area contributed by atoms with Crippen LogP contribution in [0.1, 0.15) is 12.5 Å². The number of carbonyl (C=O) groups excluding carboxylic acids is 2. The fraction of sp³-hybridized carbons (Fsp3) is 0.158. The first-order valence-electron chi connectivity index (χ1n) is 7.69. The van der Waals surface area contributed by atoms with Gasteiger partial charge in [0.1, 0.15) is 5.70 Å². The summed E-state index contributed by atoms with van der Waals surface area (Å²) in [5, 5.41) is 0.585. The van der Waals surface area contributed by atoms with Crippen molar-refractivity contribution in [3.05, 3.63) is 70.9 Å². The molecule has 1 aliphatic rings. The molecule has 24 heavy (non-hydrogen) atoms. The second-order valence-corrected chi connectivity index (χ2v) is 5.92. The summed E-state index contributed by atoms with van der Waals surface area (Å²) < 4.78 is 0. The number of anilines is 1. The minimum absolute atomic E-state index is 0.275. The molecule has 1 heterocycles. The Morgan fingerprint density at radius 1 is 0.958 bits per heavy atom. The van der Waals surface area contributed by atoms with Crippen LogP contribution in [0, 0.1) is 0 Å². The van der Waals surface area contributed by atoms with Crippen molar-refractivity contribution in [1.82, 2.24) is 4.90 Å². The molecule has 0 fully saturated rings. The highest BCUT2D eigenvalue weighted by molar-refractivity contribution is 6.37. The van der Waals surface area contributed by atoms with Gasteiger partial charge in [-0.1, -0.05) is 41.9 Å². The second-order valence-electron chi connectivity index (χ2n) is 5.48. The Hall–Kier alpha value is -2.59. The Kier molecular flexibility index (Phi) is 4.40. The summed E-state index contributed by atoms with van der Waals surface area (Å²) in [5.41, 5.74) is 2.32. The number of rotatable bonds is 4. The predicted octanol–water partition coefficient (Wildman–Crippen LogP) is 3.58. The molecule has 0 aromatic heterocycles. The van der Waals surface area contributed by atoms with Crippen molar-refractivity contribution in [2.24, 2.45) is 0 Å². The maximum atomic E-state index is 12.8. The summed E-state index contributed by atoms with van der Waals surface area (Å²) in [6.45, 7) is 2.13. The van der Waals surface area contributed by atoms with Gasteiger partial charge in [-0.3, -0.25) is 14.5 Å². The fourth-order valence-corrected chi connectivity index (χ4v) is 2.95. The molecule has 0 aliphatic carbocycles. The van der Waals surface area contributed by atoms with E-state index in [-0.39, 0.29) is 11.8 Å². The van der Waals surface area contributed by atoms with Gasteiger partial charge in [-0.15, -0.1) is 0 Å². The minimum Gasteiger partial charge on any atom is -0.339 e. The average molecular weight is 341 g/mol. The Balaban J connectivity index is 2.16. The first-order valence-corrected chi connectivity index (χ1v) is 8.07. The SMILES string of the molecule is CCN1C(=O)C(c2ccc(Cl)cc2)=C(N(C)c2ccccc2)C1=O. The lowest BCUT2D eigenvalue weighted by molar-refractivity contribution is -0.136. The van der Waals surface area contributed by atoms with Crippen molar-refractivity contribution in [1.29, 1.82) is 0 Å². The number of amides is 2. The largest absolute Gasteiger partial charge is 0.339 e. The summed E-state index contributed by atoms with van der Waals surface area (Å²) in [6.07, 6.45) is 0. The Bertz CT molecular complexity index is 813. The van der Waals surface area contributed by atoms with Gasteiger partial charge in [-0.2, -0.15) is 0 Å². The number of hydrogen-bond donors (Lipinski definition) is 0. The highest BCUT2D eigenvalue weighted by Crippen LogP contribution is 2.33. The van der Waals surface area contributed by atoms with Gasteiger partial charge in [-0.05, 0) is 36.8 Å². The summed E-state index contributed by atoms with van der Waals surface area (Å²) in [7, 11) is 1.80. The molecule has 4 nitrogen and oxygen atoms in total. The number of para-hydroxylation sites is 1. The molecule has 0 saturated carbocycles. The summed E-state index contributed by atoms with van der Waals surface area (Å²) in [4.78, 5) is 28.6. The predicted molar refractivity (Wildman–Crippen MR) is 95.6 cm³/mol. The zero-order valence-corrected chi connectivity index (χ0v) is 14.2. The lowest BCUT2D eigenvalue weighted by atomic mass is 10.0. The molecule has 0 radical (unpaired) electrons. The third-order valence-electron chi connectivity index (χ3n) is 4.07. The third kappa shape index (κ3) is 2.69. The van der Waals surface area contributed by atoms with Crippen LogP contribution in [0.15, 0.2) is 60.3 Å². The molecule has 1 aliphatic heterocycles. The van der Waals surface area contributed by atoms with Crippen molar-refractivity contribution < 1.29 is 9.59 Å². The molecular weight excluding hydrogens is 324 g/mol. The molecule has 0 saturated heterocycles. The first kappa shape index (κ1) is 16.3. The Labute approximate surface area is 145 Å². The molecule has 0 bridgehead atoms. The quantitative estimate of drug-likeness (QED) is 0.799. The zero-order chi connectivity index (χ0) is 17.3. The lowest BCUT2D eigenvalue weighted by Gasteiger charge is -2.21. The maximum absolute atomic E-state index is 12.8. The van der Waals surface area contributed by atoms with E-state index in [1.165, 1.54) is 4.90 Å². The van der Waals surface area contributed by atoms with Crippen LogP contribution < -0.4 is 4.90 Å². The Morgan fingerprint density at radius 2 is 1.58 bits per heavy atom. The number of nitrogens with zero attached hydrogens (tertiary/aromatic N) is 2. The second kappa shape index (κ2) is 6.49. The standard InChI is InChI=1S/C19H17ClN2O2/c1-3-22-18(23)16(13-9-11-14(20)12-10-13)17(19(22)24)21(2)15-7-5-4-6-8-15/h4-12H,3H2,1-2H3. The van der Waals surface area contributed by atoms with Gasteiger partial charge in [0, 0.05) is 24.3 Å². The van der Waals surface area contributed by atoms with E-state index in [1.807, 2.05) is 30.3 Å². The summed E-state index contributed by atoms with van der Waals surface area (Å²) in [6, 6.07) is 16.5. The maximum Gasteiger partial charge on any atom is 0.278 e. The van der Waals surface area contributed by atoms with Crippen LogP contribution in [-0.4, -0.2) is 30.3 Å². The molecule has 0 N–H and O–H groups in total. The molecule has 122 valence electrons. The topological polar surface area (TPSA) is 40.6 Å². The fourth-order valence-electron chi connectivity index (χ4n) is 2.82. The van der Waals surface area contributed by atoms with Crippen LogP contribution in [0.4, 0.5) is 5.69 Å².